The summed E-state index contributed by atoms with van der Waals surface area (Å²) in [6.07, 6.45) is 1.91. The molecule has 1 atom stereocenters. The topological polar surface area (TPSA) is 85.9 Å². The Morgan fingerprint density at radius 1 is 1.23 bits per heavy atom. The summed E-state index contributed by atoms with van der Waals surface area (Å²) in [6.45, 7) is 3.92. The Labute approximate surface area is 174 Å². The molecule has 1 aromatic heterocycles. The summed E-state index contributed by atoms with van der Waals surface area (Å²) >= 11 is 0. The van der Waals surface area contributed by atoms with Gasteiger partial charge in [-0.1, -0.05) is 12.1 Å². The number of benzene rings is 2. The zero-order valence-corrected chi connectivity index (χ0v) is 17.3. The Morgan fingerprint density at radius 2 is 1.97 bits per heavy atom. The molecule has 4 rings (SSSR count). The summed E-state index contributed by atoms with van der Waals surface area (Å²) in [5.74, 6) is -0.184. The minimum atomic E-state index is -0.982. The molecule has 1 aliphatic rings. The van der Waals surface area contributed by atoms with Crippen LogP contribution in [0.4, 0.5) is 0 Å². The summed E-state index contributed by atoms with van der Waals surface area (Å²) < 4.78 is 5.68. The van der Waals surface area contributed by atoms with Crippen LogP contribution in [0.25, 0.3) is 10.9 Å². The fourth-order valence-corrected chi connectivity index (χ4v) is 4.20. The van der Waals surface area contributed by atoms with Gasteiger partial charge in [0.2, 0.25) is 5.91 Å². The molecule has 1 aliphatic heterocycles. The SMILES string of the molecule is COc1cc(C)c2[nH]ccc2c1CN1CCN(C)C(=O)[C@H]1c1ccc(C(=O)O)cc1. The monoisotopic (exact) mass is 407 g/mol. The second-order valence-electron chi connectivity index (χ2n) is 7.70. The number of carbonyl (C=O) groups excluding carboxylic acids is 1. The van der Waals surface area contributed by atoms with Gasteiger partial charge in [-0.2, -0.15) is 0 Å². The number of carboxylic acid groups (broad SMARTS) is 1. The number of likely N-dealkylation sites (N-methyl/N-ethyl adjacent to an activating group) is 1. The smallest absolute Gasteiger partial charge is 0.335 e. The van der Waals surface area contributed by atoms with Crippen molar-refractivity contribution in [2.24, 2.45) is 0 Å². The molecule has 30 heavy (non-hydrogen) atoms. The van der Waals surface area contributed by atoms with Gasteiger partial charge in [0.15, 0.2) is 0 Å². The third kappa shape index (κ3) is 3.41. The number of hydrogen-bond donors (Lipinski definition) is 2. The van der Waals surface area contributed by atoms with Crippen molar-refractivity contribution in [2.75, 3.05) is 27.2 Å². The lowest BCUT2D eigenvalue weighted by atomic mass is 9.98. The lowest BCUT2D eigenvalue weighted by Gasteiger charge is -2.39. The van der Waals surface area contributed by atoms with Gasteiger partial charge in [-0.3, -0.25) is 9.69 Å². The molecule has 0 bridgehead atoms. The molecule has 0 aliphatic carbocycles. The number of aryl methyl sites for hydroxylation is 1. The molecule has 2 N–H and O–H groups in total. The zero-order valence-electron chi connectivity index (χ0n) is 17.3. The number of amides is 1. The Hall–Kier alpha value is -3.32. The first kappa shape index (κ1) is 20.0. The van der Waals surface area contributed by atoms with Crippen molar-refractivity contribution in [3.63, 3.8) is 0 Å². The van der Waals surface area contributed by atoms with E-state index in [9.17, 15) is 14.7 Å². The average molecular weight is 407 g/mol. The summed E-state index contributed by atoms with van der Waals surface area (Å²) in [5, 5.41) is 10.3. The van der Waals surface area contributed by atoms with Gasteiger partial charge in [0.05, 0.1) is 12.7 Å². The van der Waals surface area contributed by atoms with Crippen LogP contribution >= 0.6 is 0 Å². The highest BCUT2D eigenvalue weighted by Gasteiger charge is 2.35. The summed E-state index contributed by atoms with van der Waals surface area (Å²) in [5.41, 5.74) is 4.19. The van der Waals surface area contributed by atoms with Crippen molar-refractivity contribution in [1.82, 2.24) is 14.8 Å². The number of hydrogen-bond acceptors (Lipinski definition) is 4. The third-order valence-electron chi connectivity index (χ3n) is 5.86. The molecule has 0 spiro atoms. The summed E-state index contributed by atoms with van der Waals surface area (Å²) in [7, 11) is 3.46. The van der Waals surface area contributed by atoms with E-state index < -0.39 is 12.0 Å². The van der Waals surface area contributed by atoms with E-state index in [-0.39, 0.29) is 11.5 Å². The molecular formula is C23H25N3O4. The number of H-pyrrole nitrogens is 1. The van der Waals surface area contributed by atoms with E-state index in [2.05, 4.69) is 9.88 Å². The van der Waals surface area contributed by atoms with Crippen LogP contribution in [0.1, 0.15) is 33.1 Å². The number of aromatic carboxylic acids is 1. The summed E-state index contributed by atoms with van der Waals surface area (Å²) in [6, 6.07) is 10.1. The number of aromatic nitrogens is 1. The van der Waals surface area contributed by atoms with Crippen LogP contribution in [0.3, 0.4) is 0 Å². The van der Waals surface area contributed by atoms with Gasteiger partial charge in [-0.25, -0.2) is 4.79 Å². The molecule has 0 unspecified atom stereocenters. The molecule has 2 aromatic carbocycles. The first-order chi connectivity index (χ1) is 14.4. The highest BCUT2D eigenvalue weighted by Crippen LogP contribution is 2.35. The van der Waals surface area contributed by atoms with Crippen LogP contribution in [0, 0.1) is 6.92 Å². The largest absolute Gasteiger partial charge is 0.496 e. The van der Waals surface area contributed by atoms with Crippen LogP contribution in [0.5, 0.6) is 5.75 Å². The number of piperazine rings is 1. The van der Waals surface area contributed by atoms with Crippen LogP contribution in [-0.4, -0.2) is 59.0 Å². The van der Waals surface area contributed by atoms with E-state index in [1.807, 2.05) is 25.3 Å². The minimum absolute atomic E-state index is 0.000663. The zero-order chi connectivity index (χ0) is 21.4. The lowest BCUT2D eigenvalue weighted by Crippen LogP contribution is -2.50. The second kappa shape index (κ2) is 7.84. The van der Waals surface area contributed by atoms with Crippen LogP contribution in [-0.2, 0) is 11.3 Å². The standard InChI is InChI=1S/C23H25N3O4/c1-14-12-19(30-3)18(17-8-9-24-20(14)17)13-26-11-10-25(2)22(27)21(26)15-4-6-16(7-5-15)23(28)29/h4-9,12,21,24H,10-11,13H2,1-3H3,(H,28,29)/t21-/m1/s1. The Bertz CT molecular complexity index is 1100. The van der Waals surface area contributed by atoms with Gasteiger partial charge in [-0.05, 0) is 42.3 Å². The van der Waals surface area contributed by atoms with Gasteiger partial charge >= 0.3 is 5.97 Å². The number of rotatable bonds is 5. The van der Waals surface area contributed by atoms with Crippen molar-refractivity contribution >= 4 is 22.8 Å². The second-order valence-corrected chi connectivity index (χ2v) is 7.70. The molecule has 1 saturated heterocycles. The minimum Gasteiger partial charge on any atom is -0.496 e. The fourth-order valence-electron chi connectivity index (χ4n) is 4.20. The number of methoxy groups -OCH3 is 1. The number of nitrogens with one attached hydrogen (secondary N) is 1. The van der Waals surface area contributed by atoms with Crippen LogP contribution < -0.4 is 4.74 Å². The van der Waals surface area contributed by atoms with Gasteiger partial charge < -0.3 is 19.7 Å². The maximum Gasteiger partial charge on any atom is 0.335 e. The number of ether oxygens (including phenoxy) is 1. The molecule has 7 nitrogen and oxygen atoms in total. The van der Waals surface area contributed by atoms with E-state index in [0.29, 0.717) is 19.6 Å². The first-order valence-electron chi connectivity index (χ1n) is 9.86. The third-order valence-corrected chi connectivity index (χ3v) is 5.86. The maximum atomic E-state index is 13.1. The van der Waals surface area contributed by atoms with Gasteiger partial charge in [0, 0.05) is 49.3 Å². The van der Waals surface area contributed by atoms with E-state index in [1.54, 1.807) is 43.3 Å². The van der Waals surface area contributed by atoms with Crippen molar-refractivity contribution < 1.29 is 19.4 Å². The molecule has 7 heteroatoms. The molecular weight excluding hydrogens is 382 g/mol. The Balaban J connectivity index is 1.74. The Morgan fingerprint density at radius 3 is 2.63 bits per heavy atom. The van der Waals surface area contributed by atoms with E-state index >= 15 is 0 Å². The number of carboxylic acids is 1. The van der Waals surface area contributed by atoms with Crippen molar-refractivity contribution in [3.05, 3.63) is 64.8 Å². The van der Waals surface area contributed by atoms with E-state index in [4.69, 9.17) is 4.74 Å². The molecule has 1 amide bonds. The quantitative estimate of drug-likeness (QED) is 0.678. The van der Waals surface area contributed by atoms with Crippen molar-refractivity contribution in [1.29, 1.82) is 0 Å². The number of aromatic amines is 1. The van der Waals surface area contributed by atoms with E-state index in [0.717, 1.165) is 33.3 Å². The molecule has 3 aromatic rings. The molecule has 0 saturated carbocycles. The fraction of sp³-hybridized carbons (Fsp3) is 0.304. The molecule has 156 valence electrons. The highest BCUT2D eigenvalue weighted by molar-refractivity contribution is 5.89. The van der Waals surface area contributed by atoms with Crippen LogP contribution in [0.15, 0.2) is 42.6 Å². The van der Waals surface area contributed by atoms with E-state index in [1.165, 1.54) is 0 Å². The molecule has 2 heterocycles. The predicted octanol–water partition coefficient (Wildman–Crippen LogP) is 3.20. The number of nitrogens with zero attached hydrogens (tertiary/aromatic N) is 2. The lowest BCUT2D eigenvalue weighted by molar-refractivity contribution is -0.140. The maximum absolute atomic E-state index is 13.1. The summed E-state index contributed by atoms with van der Waals surface area (Å²) in [4.78, 5) is 31.5. The predicted molar refractivity (Wildman–Crippen MR) is 114 cm³/mol. The molecule has 1 fully saturated rings. The molecule has 0 radical (unpaired) electrons. The average Bonchev–Trinajstić information content (AvgIpc) is 3.23. The van der Waals surface area contributed by atoms with Crippen molar-refractivity contribution in [2.45, 2.75) is 19.5 Å². The first-order valence-corrected chi connectivity index (χ1v) is 9.86. The van der Waals surface area contributed by atoms with Gasteiger partial charge in [-0.15, -0.1) is 0 Å². The van der Waals surface area contributed by atoms with Crippen LogP contribution in [0.2, 0.25) is 0 Å². The highest BCUT2D eigenvalue weighted by atomic mass is 16.5. The van der Waals surface area contributed by atoms with Gasteiger partial charge in [0.1, 0.15) is 11.8 Å². The number of fused-ring (bicyclic) bond motifs is 1. The normalized spacial score (nSPS) is 17.5. The Kier molecular flexibility index (Phi) is 5.22. The van der Waals surface area contributed by atoms with Gasteiger partial charge in [0.25, 0.3) is 0 Å². The number of carbonyl (C=O) groups is 2. The van der Waals surface area contributed by atoms with Crippen molar-refractivity contribution in [3.8, 4) is 5.75 Å².